The summed E-state index contributed by atoms with van der Waals surface area (Å²) in [5.41, 5.74) is 15.5. The summed E-state index contributed by atoms with van der Waals surface area (Å²) in [5, 5.41) is 8.42. The molecular weight excluding hydrogens is 222 g/mol. The van der Waals surface area contributed by atoms with Crippen LogP contribution >= 0.6 is 0 Å². The zero-order chi connectivity index (χ0) is 12.6. The lowest BCUT2D eigenvalue weighted by atomic mass is 10.2. The van der Waals surface area contributed by atoms with Crippen molar-refractivity contribution >= 4 is 11.9 Å². The molecule has 0 aromatic heterocycles. The minimum absolute atomic E-state index is 0.0622. The molecule has 0 aliphatic carbocycles. The summed E-state index contributed by atoms with van der Waals surface area (Å²) in [6.45, 7) is 0.305. The van der Waals surface area contributed by atoms with Gasteiger partial charge >= 0.3 is 11.1 Å². The fourth-order valence-electron chi connectivity index (χ4n) is 0.766. The number of hydrogen-bond donors (Lipinski definition) is 3. The van der Waals surface area contributed by atoms with Crippen molar-refractivity contribution in [3.05, 3.63) is 10.1 Å². The number of guanidine groups is 1. The van der Waals surface area contributed by atoms with Crippen LogP contribution in [0.5, 0.6) is 0 Å². The Hall–Kier alpha value is -2.10. The molecule has 10 nitrogen and oxygen atoms in total. The van der Waals surface area contributed by atoms with Gasteiger partial charge in [-0.15, -0.1) is 10.1 Å². The Morgan fingerprint density at radius 2 is 2.12 bits per heavy atom. The summed E-state index contributed by atoms with van der Waals surface area (Å²) in [5.74, 6) is -1.09. The molecule has 0 saturated carbocycles. The number of carbonyl (C=O) groups is 1. The maximum atomic E-state index is 10.9. The van der Waals surface area contributed by atoms with Crippen LogP contribution in [0.2, 0.25) is 0 Å². The average molecular weight is 235 g/mol. The van der Waals surface area contributed by atoms with Gasteiger partial charge in [-0.3, -0.25) is 9.88 Å². The third-order valence-corrected chi connectivity index (χ3v) is 1.45. The van der Waals surface area contributed by atoms with E-state index in [4.69, 9.17) is 17.2 Å². The Labute approximate surface area is 90.4 Å². The van der Waals surface area contributed by atoms with E-state index in [0.717, 1.165) is 0 Å². The Morgan fingerprint density at radius 3 is 2.62 bits per heavy atom. The number of carbonyl (C=O) groups excluding carboxylic acids is 1. The smallest absolute Gasteiger partial charge is 0.359 e. The zero-order valence-corrected chi connectivity index (χ0v) is 8.37. The minimum Gasteiger partial charge on any atom is -0.370 e. The standard InChI is InChI=1S/C6H13N5O5/c7-4(2-1-3-10-6(8)9)5(12)15-16-11(13)14/h4H,1-3,7H2,(H4,8,9,10). The monoisotopic (exact) mass is 235 g/mol. The summed E-state index contributed by atoms with van der Waals surface area (Å²) < 4.78 is 0. The van der Waals surface area contributed by atoms with Gasteiger partial charge in [0.25, 0.3) is 0 Å². The maximum Gasteiger partial charge on any atom is 0.359 e. The van der Waals surface area contributed by atoms with Crippen molar-refractivity contribution in [1.29, 1.82) is 0 Å². The second-order valence-corrected chi connectivity index (χ2v) is 2.76. The largest absolute Gasteiger partial charge is 0.370 e. The van der Waals surface area contributed by atoms with E-state index in [0.29, 0.717) is 13.0 Å². The molecule has 0 radical (unpaired) electrons. The molecule has 0 amide bonds. The predicted molar refractivity (Wildman–Crippen MR) is 52.1 cm³/mol. The molecule has 0 heterocycles. The molecule has 1 unspecified atom stereocenters. The number of aliphatic imine (C=N–C) groups is 1. The van der Waals surface area contributed by atoms with Gasteiger partial charge in [0.15, 0.2) is 5.96 Å². The predicted octanol–water partition coefficient (Wildman–Crippen LogP) is -1.97. The fraction of sp³-hybridized carbons (Fsp3) is 0.667. The first-order chi connectivity index (χ1) is 7.43. The summed E-state index contributed by atoms with van der Waals surface area (Å²) >= 11 is 0. The Morgan fingerprint density at radius 1 is 1.50 bits per heavy atom. The Kier molecular flexibility index (Phi) is 6.28. The second-order valence-electron chi connectivity index (χ2n) is 2.76. The number of hydrogen-bond acceptors (Lipinski definition) is 7. The molecule has 10 heteroatoms. The molecule has 0 aliphatic rings. The van der Waals surface area contributed by atoms with E-state index >= 15 is 0 Å². The molecule has 0 aromatic rings. The Balaban J connectivity index is 3.71. The summed E-state index contributed by atoms with van der Waals surface area (Å²) in [7, 11) is 0. The molecule has 6 N–H and O–H groups in total. The molecule has 92 valence electrons. The van der Waals surface area contributed by atoms with Crippen LogP contribution in [0.25, 0.3) is 0 Å². The summed E-state index contributed by atoms with van der Waals surface area (Å²) in [4.78, 5) is 31.4. The number of rotatable bonds is 7. The quantitative estimate of drug-likeness (QED) is 0.114. The first-order valence-corrected chi connectivity index (χ1v) is 4.27. The van der Waals surface area contributed by atoms with E-state index < -0.39 is 17.1 Å². The maximum absolute atomic E-state index is 10.9. The van der Waals surface area contributed by atoms with Crippen LogP contribution in [0.1, 0.15) is 12.8 Å². The van der Waals surface area contributed by atoms with Crippen molar-refractivity contribution in [3.63, 3.8) is 0 Å². The van der Waals surface area contributed by atoms with Crippen LogP contribution < -0.4 is 17.2 Å². The number of nitrogens with two attached hydrogens (primary N) is 3. The summed E-state index contributed by atoms with van der Waals surface area (Å²) in [6.07, 6.45) is 0.656. The molecule has 0 aromatic carbocycles. The van der Waals surface area contributed by atoms with Gasteiger partial charge in [0, 0.05) is 6.54 Å². The van der Waals surface area contributed by atoms with Crippen LogP contribution in [-0.4, -0.2) is 29.6 Å². The van der Waals surface area contributed by atoms with Crippen molar-refractivity contribution in [2.24, 2.45) is 22.2 Å². The lowest BCUT2D eigenvalue weighted by molar-refractivity contribution is -0.839. The van der Waals surface area contributed by atoms with Crippen LogP contribution in [0, 0.1) is 10.1 Å². The van der Waals surface area contributed by atoms with Gasteiger partial charge in [0.05, 0.1) is 0 Å². The van der Waals surface area contributed by atoms with Crippen molar-refractivity contribution in [1.82, 2.24) is 0 Å². The van der Waals surface area contributed by atoms with Crippen LogP contribution in [0.3, 0.4) is 0 Å². The second kappa shape index (κ2) is 7.23. The number of nitrogens with zero attached hydrogens (tertiary/aromatic N) is 2. The third-order valence-electron chi connectivity index (χ3n) is 1.45. The normalized spacial score (nSPS) is 11.3. The van der Waals surface area contributed by atoms with E-state index in [1.165, 1.54) is 0 Å². The van der Waals surface area contributed by atoms with E-state index in [2.05, 4.69) is 14.9 Å². The molecule has 0 rings (SSSR count). The van der Waals surface area contributed by atoms with Gasteiger partial charge in [-0.25, -0.2) is 4.79 Å². The van der Waals surface area contributed by atoms with Gasteiger partial charge in [0.2, 0.25) is 0 Å². The van der Waals surface area contributed by atoms with E-state index in [1.807, 2.05) is 0 Å². The third kappa shape index (κ3) is 7.32. The topological polar surface area (TPSA) is 169 Å². The van der Waals surface area contributed by atoms with Crippen molar-refractivity contribution in [2.45, 2.75) is 18.9 Å². The summed E-state index contributed by atoms with van der Waals surface area (Å²) in [6, 6.07) is -1.02. The molecule has 0 bridgehead atoms. The van der Waals surface area contributed by atoms with Crippen LogP contribution in [-0.2, 0) is 14.7 Å². The molecule has 0 saturated heterocycles. The Bertz CT molecular complexity index is 276. The van der Waals surface area contributed by atoms with Gasteiger partial charge in [0.1, 0.15) is 6.04 Å². The van der Waals surface area contributed by atoms with Gasteiger partial charge in [-0.1, -0.05) is 4.99 Å². The highest BCUT2D eigenvalue weighted by Gasteiger charge is 2.16. The van der Waals surface area contributed by atoms with Gasteiger partial charge < -0.3 is 17.2 Å². The molecule has 0 spiro atoms. The van der Waals surface area contributed by atoms with Crippen molar-refractivity contribution < 1.29 is 19.8 Å². The van der Waals surface area contributed by atoms with E-state index in [1.54, 1.807) is 0 Å². The highest BCUT2D eigenvalue weighted by Crippen LogP contribution is 1.98. The molecule has 1 atom stereocenters. The fourth-order valence-corrected chi connectivity index (χ4v) is 0.766. The van der Waals surface area contributed by atoms with Crippen LogP contribution in [0.15, 0.2) is 4.99 Å². The van der Waals surface area contributed by atoms with Crippen molar-refractivity contribution in [2.75, 3.05) is 6.54 Å². The minimum atomic E-state index is -1.26. The van der Waals surface area contributed by atoms with E-state index in [-0.39, 0.29) is 12.4 Å². The molecule has 16 heavy (non-hydrogen) atoms. The first kappa shape index (κ1) is 13.9. The lowest BCUT2D eigenvalue weighted by Gasteiger charge is -2.07. The van der Waals surface area contributed by atoms with Gasteiger partial charge in [-0.05, 0) is 12.8 Å². The lowest BCUT2D eigenvalue weighted by Crippen LogP contribution is -2.33. The highest BCUT2D eigenvalue weighted by molar-refractivity contribution is 5.75. The molecule has 0 fully saturated rings. The molecule has 0 aliphatic heterocycles. The first-order valence-electron chi connectivity index (χ1n) is 4.27. The average Bonchev–Trinajstić information content (AvgIpc) is 2.20. The SMILES string of the molecule is NC(N)=NCCCC(N)C(=O)OO[N+](=O)[O-]. The van der Waals surface area contributed by atoms with Gasteiger partial charge in [-0.2, -0.15) is 0 Å². The molecular formula is C6H13N5O5. The van der Waals surface area contributed by atoms with E-state index in [9.17, 15) is 14.9 Å². The highest BCUT2D eigenvalue weighted by atomic mass is 17.3. The van der Waals surface area contributed by atoms with Crippen molar-refractivity contribution in [3.8, 4) is 0 Å². The zero-order valence-electron chi connectivity index (χ0n) is 8.37. The van der Waals surface area contributed by atoms with Crippen LogP contribution in [0.4, 0.5) is 0 Å².